The van der Waals surface area contributed by atoms with E-state index in [1.165, 1.54) is 32.8 Å². The molecular weight excluding hydrogens is 350 g/mol. The number of pyridine rings is 1. The van der Waals surface area contributed by atoms with Crippen molar-refractivity contribution in [3.63, 3.8) is 0 Å². The van der Waals surface area contributed by atoms with E-state index in [1.807, 2.05) is 12.3 Å². The quantitative estimate of drug-likeness (QED) is 0.767. The van der Waals surface area contributed by atoms with E-state index in [1.54, 1.807) is 0 Å². The molecule has 0 bridgehead atoms. The van der Waals surface area contributed by atoms with Crippen molar-refractivity contribution in [2.45, 2.75) is 32.6 Å². The molecule has 4 rings (SSSR count). The Morgan fingerprint density at radius 2 is 1.85 bits per heavy atom. The van der Waals surface area contributed by atoms with Crippen LogP contribution in [0.25, 0.3) is 5.57 Å². The van der Waals surface area contributed by atoms with Gasteiger partial charge in [0, 0.05) is 16.8 Å². The summed E-state index contributed by atoms with van der Waals surface area (Å²) in [5.74, 6) is 0. The number of piperidine rings is 1. The molecule has 1 aliphatic heterocycles. The molecule has 5 nitrogen and oxygen atoms in total. The van der Waals surface area contributed by atoms with E-state index in [0.29, 0.717) is 13.1 Å². The molecule has 0 saturated carbocycles. The highest BCUT2D eigenvalue weighted by Crippen LogP contribution is 2.38. The van der Waals surface area contributed by atoms with E-state index in [4.69, 9.17) is 21.8 Å². The maximum absolute atomic E-state index is 11.2. The molecule has 0 spiro atoms. The number of fused-ring (bicyclic) bond motifs is 2. The van der Waals surface area contributed by atoms with Gasteiger partial charge >= 0.3 is 5.03 Å². The van der Waals surface area contributed by atoms with Crippen molar-refractivity contribution in [3.8, 4) is 0 Å². The number of halogens is 1. The Labute approximate surface area is 157 Å². The van der Waals surface area contributed by atoms with Crippen LogP contribution in [0.5, 0.6) is 0 Å². The molecule has 6 heteroatoms. The molecular formula is C20H21ClN3O2+. The highest BCUT2D eigenvalue weighted by molar-refractivity contribution is 6.30. The highest BCUT2D eigenvalue weighted by Gasteiger charge is 2.29. The molecule has 2 heterocycles. The Morgan fingerprint density at radius 3 is 2.58 bits per heavy atom. The lowest BCUT2D eigenvalue weighted by Gasteiger charge is -2.23. The van der Waals surface area contributed by atoms with Crippen LogP contribution in [0.2, 0.25) is 5.02 Å². The van der Waals surface area contributed by atoms with Crippen LogP contribution in [0.1, 0.15) is 40.8 Å². The second-order valence-electron chi connectivity index (χ2n) is 7.01. The predicted octanol–water partition coefficient (Wildman–Crippen LogP) is 4.12. The number of hydrazine groups is 1. The van der Waals surface area contributed by atoms with Crippen molar-refractivity contribution >= 4 is 17.2 Å². The van der Waals surface area contributed by atoms with Crippen LogP contribution in [0.4, 0.5) is 0 Å². The molecule has 0 amide bonds. The van der Waals surface area contributed by atoms with E-state index in [-0.39, 0.29) is 5.03 Å². The van der Waals surface area contributed by atoms with Gasteiger partial charge in [-0.2, -0.15) is 0 Å². The zero-order valence-electron chi connectivity index (χ0n) is 14.7. The lowest BCUT2D eigenvalue weighted by molar-refractivity contribution is -0.903. The second-order valence-corrected chi connectivity index (χ2v) is 7.44. The van der Waals surface area contributed by atoms with E-state index >= 15 is 0 Å². The molecule has 2 aromatic rings. The average Bonchev–Trinajstić information content (AvgIpc) is 2.78. The topological polar surface area (TPSA) is 56.4 Å². The third-order valence-corrected chi connectivity index (χ3v) is 5.51. The first-order chi connectivity index (χ1) is 12.5. The number of rotatable bonds is 1. The van der Waals surface area contributed by atoms with Gasteiger partial charge in [0.25, 0.3) is 0 Å². The van der Waals surface area contributed by atoms with Gasteiger partial charge in [-0.3, -0.25) is 4.98 Å². The fourth-order valence-corrected chi connectivity index (χ4v) is 4.19. The zero-order chi connectivity index (χ0) is 18.3. The number of benzene rings is 1. The second kappa shape index (κ2) is 6.72. The van der Waals surface area contributed by atoms with Crippen LogP contribution in [-0.2, 0) is 12.8 Å². The summed E-state index contributed by atoms with van der Waals surface area (Å²) < 4.78 is 0. The Bertz CT molecular complexity index is 858. The lowest BCUT2D eigenvalue weighted by Crippen LogP contribution is -2.37. The van der Waals surface area contributed by atoms with Gasteiger partial charge in [-0.1, -0.05) is 34.3 Å². The molecule has 1 aromatic carbocycles. The van der Waals surface area contributed by atoms with Crippen LogP contribution >= 0.6 is 11.6 Å². The summed E-state index contributed by atoms with van der Waals surface area (Å²) in [4.78, 5) is 15.9. The van der Waals surface area contributed by atoms with Crippen molar-refractivity contribution in [1.82, 2.24) is 9.99 Å². The molecule has 1 N–H and O–H groups in total. The van der Waals surface area contributed by atoms with Crippen molar-refractivity contribution in [2.24, 2.45) is 0 Å². The van der Waals surface area contributed by atoms with Crippen LogP contribution < -0.4 is 0 Å². The molecule has 26 heavy (non-hydrogen) atoms. The molecule has 2 aliphatic rings. The first kappa shape index (κ1) is 17.0. The molecule has 0 atom stereocenters. The van der Waals surface area contributed by atoms with Crippen molar-refractivity contribution in [2.75, 3.05) is 13.1 Å². The smallest absolute Gasteiger partial charge is 0.256 e. The van der Waals surface area contributed by atoms with Crippen LogP contribution in [0.15, 0.2) is 36.0 Å². The van der Waals surface area contributed by atoms with Crippen LogP contribution in [0, 0.1) is 11.8 Å². The van der Waals surface area contributed by atoms with Crippen molar-refractivity contribution in [3.05, 3.63) is 73.9 Å². The largest absolute Gasteiger partial charge is 0.357 e. The maximum Gasteiger partial charge on any atom is 0.357 e. The first-order valence-electron chi connectivity index (χ1n) is 8.90. The van der Waals surface area contributed by atoms with Gasteiger partial charge in [0.1, 0.15) is 4.91 Å². The minimum absolute atomic E-state index is 0.0438. The Kier molecular flexibility index (Phi) is 4.41. The monoisotopic (exact) mass is 370 g/mol. The molecule has 1 aliphatic carbocycles. The fraction of sp³-hybridized carbons (Fsp3) is 0.350. The summed E-state index contributed by atoms with van der Waals surface area (Å²) in [6.45, 7) is 3.07. The molecule has 134 valence electrons. The van der Waals surface area contributed by atoms with E-state index in [9.17, 15) is 4.91 Å². The molecule has 1 fully saturated rings. The highest BCUT2D eigenvalue weighted by atomic mass is 35.5. The number of hydrogen-bond acceptors (Lipinski definition) is 2. The third kappa shape index (κ3) is 3.07. The molecule has 0 radical (unpaired) electrons. The van der Waals surface area contributed by atoms with Gasteiger partial charge < -0.3 is 0 Å². The molecule has 1 saturated heterocycles. The third-order valence-electron chi connectivity index (χ3n) is 5.28. The van der Waals surface area contributed by atoms with Crippen molar-refractivity contribution < 1.29 is 10.2 Å². The number of aromatic nitrogens is 1. The SMILES string of the molecule is Cc1cnc2c(c1)CCc1cc(Cl)ccc1C2=C1CCN([N+](=O)O)CC1. The summed E-state index contributed by atoms with van der Waals surface area (Å²) >= 11 is 6.25. The van der Waals surface area contributed by atoms with Gasteiger partial charge in [-0.05, 0) is 67.0 Å². The summed E-state index contributed by atoms with van der Waals surface area (Å²) in [7, 11) is 0. The summed E-state index contributed by atoms with van der Waals surface area (Å²) in [5.41, 5.74) is 8.36. The summed E-state index contributed by atoms with van der Waals surface area (Å²) in [5, 5.41) is 11.3. The number of aryl methyl sites for hydroxylation is 3. The normalized spacial score (nSPS) is 16.8. The van der Waals surface area contributed by atoms with Gasteiger partial charge in [0.2, 0.25) is 0 Å². The number of nitrogens with zero attached hydrogens (tertiary/aromatic N) is 3. The Hall–Kier alpha value is -2.40. The van der Waals surface area contributed by atoms with Gasteiger partial charge in [-0.15, -0.1) is 0 Å². The maximum atomic E-state index is 11.2. The summed E-state index contributed by atoms with van der Waals surface area (Å²) in [6, 6.07) is 8.30. The first-order valence-corrected chi connectivity index (χ1v) is 9.28. The Balaban J connectivity index is 1.87. The van der Waals surface area contributed by atoms with Gasteiger partial charge in [-0.25, -0.2) is 5.21 Å². The van der Waals surface area contributed by atoms with Gasteiger partial charge in [0.15, 0.2) is 0 Å². The van der Waals surface area contributed by atoms with Crippen molar-refractivity contribution in [1.29, 1.82) is 0 Å². The zero-order valence-corrected chi connectivity index (χ0v) is 15.5. The van der Waals surface area contributed by atoms with E-state index in [0.717, 1.165) is 42.0 Å². The summed E-state index contributed by atoms with van der Waals surface area (Å²) in [6.07, 6.45) is 5.24. The van der Waals surface area contributed by atoms with E-state index < -0.39 is 0 Å². The van der Waals surface area contributed by atoms with Gasteiger partial charge in [0.05, 0.1) is 18.8 Å². The fourth-order valence-electron chi connectivity index (χ4n) is 4.00. The molecule has 0 unspecified atom stereocenters. The number of hydrogen-bond donors (Lipinski definition) is 1. The van der Waals surface area contributed by atoms with Crippen LogP contribution in [0.3, 0.4) is 0 Å². The van der Waals surface area contributed by atoms with Crippen LogP contribution in [-0.4, -0.2) is 33.3 Å². The standard InChI is InChI=1S/C20H21ClN3O2/c1-13-10-16-3-2-15-11-17(21)4-5-18(15)19(20(16)22-12-13)14-6-8-23(9-7-14)24(25)26/h4-5,10-12H,2-3,6-9H2,1H3,(H,25,26)/q+1. The minimum Gasteiger partial charge on any atom is -0.256 e. The minimum atomic E-state index is -0.0438. The Morgan fingerprint density at radius 1 is 1.12 bits per heavy atom. The van der Waals surface area contributed by atoms with E-state index in [2.05, 4.69) is 25.1 Å². The predicted molar refractivity (Wildman–Crippen MR) is 100 cm³/mol. The average molecular weight is 371 g/mol. The molecule has 1 aromatic heterocycles. The lowest BCUT2D eigenvalue weighted by atomic mass is 9.89.